The van der Waals surface area contributed by atoms with Gasteiger partial charge in [-0.2, -0.15) is 5.10 Å². The number of aromatic nitrogens is 3. The summed E-state index contributed by atoms with van der Waals surface area (Å²) < 4.78 is 16.3. The molecule has 0 saturated carbocycles. The first-order valence-electron chi connectivity index (χ1n) is 8.02. The lowest BCUT2D eigenvalue weighted by atomic mass is 10.2. The molecule has 3 aromatic rings. The Balaban J connectivity index is 2.03. The number of fused-ring (bicyclic) bond motifs is 1. The van der Waals surface area contributed by atoms with Gasteiger partial charge in [-0.15, -0.1) is 5.10 Å². The Morgan fingerprint density at radius 3 is 2.84 bits per heavy atom. The Morgan fingerprint density at radius 1 is 1.32 bits per heavy atom. The van der Waals surface area contributed by atoms with E-state index in [0.717, 1.165) is 22.5 Å². The van der Waals surface area contributed by atoms with Crippen molar-refractivity contribution in [3.05, 3.63) is 64.2 Å². The van der Waals surface area contributed by atoms with Gasteiger partial charge in [0.15, 0.2) is 0 Å². The first kappa shape index (κ1) is 18.0. The normalized spacial score (nSPS) is 11.7. The van der Waals surface area contributed by atoms with Gasteiger partial charge in [-0.1, -0.05) is 41.6 Å². The van der Waals surface area contributed by atoms with E-state index in [4.69, 9.17) is 11.6 Å². The molecule has 0 fully saturated rings. The lowest BCUT2D eigenvalue weighted by molar-refractivity contribution is 0.617. The van der Waals surface area contributed by atoms with Crippen LogP contribution in [-0.4, -0.2) is 14.8 Å². The van der Waals surface area contributed by atoms with Crippen LogP contribution in [0.1, 0.15) is 23.7 Å². The second-order valence-electron chi connectivity index (χ2n) is 5.79. The van der Waals surface area contributed by atoms with E-state index in [1.165, 1.54) is 29.1 Å². The average Bonchev–Trinajstić information content (AvgIpc) is 2.84. The van der Waals surface area contributed by atoms with Crippen molar-refractivity contribution in [2.24, 2.45) is 0 Å². The average molecular weight is 376 g/mol. The minimum Gasteiger partial charge on any atom is -0.339 e. The van der Waals surface area contributed by atoms with Crippen molar-refractivity contribution in [2.75, 3.05) is 0 Å². The number of thioether (sulfide) groups is 1. The van der Waals surface area contributed by atoms with Gasteiger partial charge in [0, 0.05) is 34.0 Å². The van der Waals surface area contributed by atoms with Gasteiger partial charge < -0.3 is 4.57 Å². The molecule has 0 atom stereocenters. The molecule has 0 spiro atoms. The standard InChI is InChI=1S/C19H19ClFN3S/c1-4-5-9-24-13(3)12(2)14-10-22-23-19(18(14)24)25-11-15-16(20)7-6-8-17(15)21/h4-8,10H,9,11H2,1-3H3/b5-4+. The van der Waals surface area contributed by atoms with E-state index in [0.29, 0.717) is 16.3 Å². The van der Waals surface area contributed by atoms with E-state index < -0.39 is 0 Å². The Hall–Kier alpha value is -1.85. The second kappa shape index (κ2) is 7.58. The maximum absolute atomic E-state index is 14.0. The van der Waals surface area contributed by atoms with E-state index in [9.17, 15) is 4.39 Å². The third kappa shape index (κ3) is 3.44. The summed E-state index contributed by atoms with van der Waals surface area (Å²) >= 11 is 7.60. The van der Waals surface area contributed by atoms with Gasteiger partial charge in [0.2, 0.25) is 0 Å². The molecule has 2 aromatic heterocycles. The summed E-state index contributed by atoms with van der Waals surface area (Å²) in [6.45, 7) is 6.96. The molecule has 3 rings (SSSR count). The van der Waals surface area contributed by atoms with Gasteiger partial charge in [-0.05, 0) is 38.5 Å². The van der Waals surface area contributed by atoms with Gasteiger partial charge in [-0.3, -0.25) is 0 Å². The number of benzene rings is 1. The zero-order valence-electron chi connectivity index (χ0n) is 14.4. The predicted octanol–water partition coefficient (Wildman–Crippen LogP) is 5.71. The highest BCUT2D eigenvalue weighted by molar-refractivity contribution is 7.98. The molecule has 0 amide bonds. The molecule has 0 unspecified atom stereocenters. The number of aryl methyl sites for hydroxylation is 1. The van der Waals surface area contributed by atoms with Crippen LogP contribution < -0.4 is 0 Å². The Bertz CT molecular complexity index is 929. The zero-order valence-corrected chi connectivity index (χ0v) is 16.0. The van der Waals surface area contributed by atoms with E-state index in [2.05, 4.69) is 34.7 Å². The third-order valence-electron chi connectivity index (χ3n) is 4.35. The number of halogens is 2. The molecule has 0 N–H and O–H groups in total. The van der Waals surface area contributed by atoms with Crippen LogP contribution >= 0.6 is 23.4 Å². The highest BCUT2D eigenvalue weighted by Crippen LogP contribution is 2.34. The molecular weight excluding hydrogens is 357 g/mol. The largest absolute Gasteiger partial charge is 0.339 e. The molecule has 1 aromatic carbocycles. The van der Waals surface area contributed by atoms with Gasteiger partial charge >= 0.3 is 0 Å². The van der Waals surface area contributed by atoms with Crippen LogP contribution in [0.5, 0.6) is 0 Å². The molecular formula is C19H19ClFN3S. The van der Waals surface area contributed by atoms with Gasteiger partial charge in [-0.25, -0.2) is 4.39 Å². The first-order valence-corrected chi connectivity index (χ1v) is 9.38. The maximum atomic E-state index is 14.0. The molecule has 0 aliphatic heterocycles. The fourth-order valence-electron chi connectivity index (χ4n) is 2.81. The van der Waals surface area contributed by atoms with E-state index >= 15 is 0 Å². The quantitative estimate of drug-likeness (QED) is 0.422. The van der Waals surface area contributed by atoms with Crippen molar-refractivity contribution in [3.8, 4) is 0 Å². The molecule has 0 aliphatic carbocycles. The fraction of sp³-hybridized carbons (Fsp3) is 0.263. The van der Waals surface area contributed by atoms with Crippen LogP contribution in [0.25, 0.3) is 10.9 Å². The summed E-state index contributed by atoms with van der Waals surface area (Å²) in [6, 6.07) is 4.74. The summed E-state index contributed by atoms with van der Waals surface area (Å²) in [6.07, 6.45) is 5.93. The first-order chi connectivity index (χ1) is 12.0. The van der Waals surface area contributed by atoms with Crippen molar-refractivity contribution in [1.82, 2.24) is 14.8 Å². The van der Waals surface area contributed by atoms with Crippen LogP contribution in [0, 0.1) is 19.7 Å². The fourth-order valence-corrected chi connectivity index (χ4v) is 4.16. The van der Waals surface area contributed by atoms with E-state index in [1.807, 2.05) is 13.0 Å². The number of rotatable bonds is 5. The van der Waals surface area contributed by atoms with Crippen LogP contribution in [-0.2, 0) is 12.3 Å². The minimum absolute atomic E-state index is 0.295. The molecule has 0 bridgehead atoms. The molecule has 0 radical (unpaired) electrons. The second-order valence-corrected chi connectivity index (χ2v) is 7.16. The van der Waals surface area contributed by atoms with Crippen molar-refractivity contribution < 1.29 is 4.39 Å². The monoisotopic (exact) mass is 375 g/mol. The zero-order chi connectivity index (χ0) is 18.0. The van der Waals surface area contributed by atoms with Crippen LogP contribution in [0.3, 0.4) is 0 Å². The highest BCUT2D eigenvalue weighted by atomic mass is 35.5. The van der Waals surface area contributed by atoms with Gasteiger partial charge in [0.25, 0.3) is 0 Å². The minimum atomic E-state index is -0.295. The number of allylic oxidation sites excluding steroid dienone is 2. The summed E-state index contributed by atoms with van der Waals surface area (Å²) in [5.74, 6) is 0.114. The summed E-state index contributed by atoms with van der Waals surface area (Å²) in [4.78, 5) is 0. The van der Waals surface area contributed by atoms with Crippen molar-refractivity contribution in [2.45, 2.75) is 38.1 Å². The summed E-state index contributed by atoms with van der Waals surface area (Å²) in [5.41, 5.74) is 3.92. The Kier molecular flexibility index (Phi) is 5.45. The predicted molar refractivity (Wildman–Crippen MR) is 103 cm³/mol. The molecule has 3 nitrogen and oxygen atoms in total. The third-order valence-corrected chi connectivity index (χ3v) is 5.69. The lowest BCUT2D eigenvalue weighted by Crippen LogP contribution is -2.00. The highest BCUT2D eigenvalue weighted by Gasteiger charge is 2.17. The Morgan fingerprint density at radius 2 is 2.12 bits per heavy atom. The van der Waals surface area contributed by atoms with E-state index in [-0.39, 0.29) is 5.82 Å². The topological polar surface area (TPSA) is 30.7 Å². The summed E-state index contributed by atoms with van der Waals surface area (Å²) in [5, 5.41) is 10.8. The van der Waals surface area contributed by atoms with Crippen molar-refractivity contribution in [3.63, 3.8) is 0 Å². The number of hydrogen-bond donors (Lipinski definition) is 0. The van der Waals surface area contributed by atoms with Crippen LogP contribution in [0.2, 0.25) is 5.02 Å². The molecule has 130 valence electrons. The van der Waals surface area contributed by atoms with E-state index in [1.54, 1.807) is 18.3 Å². The van der Waals surface area contributed by atoms with Crippen LogP contribution in [0.4, 0.5) is 4.39 Å². The summed E-state index contributed by atoms with van der Waals surface area (Å²) in [7, 11) is 0. The molecule has 0 saturated heterocycles. The lowest BCUT2D eigenvalue weighted by Gasteiger charge is -2.09. The van der Waals surface area contributed by atoms with Gasteiger partial charge in [0.05, 0.1) is 11.7 Å². The maximum Gasteiger partial charge on any atom is 0.143 e. The number of hydrogen-bond acceptors (Lipinski definition) is 3. The smallest absolute Gasteiger partial charge is 0.143 e. The Labute approximate surface area is 155 Å². The van der Waals surface area contributed by atoms with Crippen molar-refractivity contribution in [1.29, 1.82) is 0 Å². The molecule has 6 heteroatoms. The molecule has 0 aliphatic rings. The number of nitrogens with zero attached hydrogens (tertiary/aromatic N) is 3. The van der Waals surface area contributed by atoms with Gasteiger partial charge in [0.1, 0.15) is 10.8 Å². The molecule has 25 heavy (non-hydrogen) atoms. The van der Waals surface area contributed by atoms with Crippen LogP contribution in [0.15, 0.2) is 41.6 Å². The van der Waals surface area contributed by atoms with Crippen molar-refractivity contribution >= 4 is 34.3 Å². The molecule has 2 heterocycles. The SMILES string of the molecule is C/C=C/Cn1c(C)c(C)c2cnnc(SCc3c(F)cccc3Cl)c21.